The van der Waals surface area contributed by atoms with Crippen molar-refractivity contribution in [1.82, 2.24) is 4.31 Å². The molecular formula is C6H15N2S+. The maximum atomic E-state index is 4.26. The fourth-order valence-electron chi connectivity index (χ4n) is 0.996. The molecule has 1 heterocycles. The Bertz CT molecular complexity index is 93.2. The molecule has 1 saturated heterocycles. The second kappa shape index (κ2) is 2.48. The van der Waals surface area contributed by atoms with Crippen LogP contribution in [0, 0.1) is 0 Å². The Morgan fingerprint density at radius 1 is 1.22 bits per heavy atom. The molecule has 0 unspecified atom stereocenters. The summed E-state index contributed by atoms with van der Waals surface area (Å²) in [6, 6.07) is 0. The Morgan fingerprint density at radius 2 is 1.67 bits per heavy atom. The van der Waals surface area contributed by atoms with E-state index in [2.05, 4.69) is 31.2 Å². The number of hydrogen-bond acceptors (Lipinski definition) is 2. The van der Waals surface area contributed by atoms with Gasteiger partial charge in [-0.3, -0.25) is 0 Å². The summed E-state index contributed by atoms with van der Waals surface area (Å²) >= 11 is 4.26. The summed E-state index contributed by atoms with van der Waals surface area (Å²) < 4.78 is 3.24. The van der Waals surface area contributed by atoms with Crippen molar-refractivity contribution in [3.8, 4) is 0 Å². The van der Waals surface area contributed by atoms with Gasteiger partial charge in [0, 0.05) is 0 Å². The van der Waals surface area contributed by atoms with Crippen LogP contribution in [0.3, 0.4) is 0 Å². The molecule has 0 bridgehead atoms. The second-order valence-corrected chi connectivity index (χ2v) is 3.90. The lowest BCUT2D eigenvalue weighted by Crippen LogP contribution is -2.52. The standard InChI is InChI=1S/C6H15N2S/c1-8(2)5-3-7(9)4-6-8/h9H,3-6H2,1-2H3/q+1. The Balaban J connectivity index is 2.35. The minimum absolute atomic E-state index is 1.12. The third-order valence-corrected chi connectivity index (χ3v) is 2.33. The van der Waals surface area contributed by atoms with E-state index < -0.39 is 0 Å². The maximum Gasteiger partial charge on any atom is 0.0921 e. The lowest BCUT2D eigenvalue weighted by Gasteiger charge is -2.36. The van der Waals surface area contributed by atoms with Gasteiger partial charge >= 0.3 is 0 Å². The molecule has 0 saturated carbocycles. The molecule has 0 atom stereocenters. The molecule has 0 N–H and O–H groups in total. The molecule has 0 aromatic rings. The van der Waals surface area contributed by atoms with Gasteiger partial charge in [-0.05, 0) is 0 Å². The lowest BCUT2D eigenvalue weighted by atomic mass is 10.3. The van der Waals surface area contributed by atoms with E-state index in [-0.39, 0.29) is 0 Å². The van der Waals surface area contributed by atoms with E-state index in [1.807, 2.05) is 0 Å². The van der Waals surface area contributed by atoms with Crippen LogP contribution in [0.2, 0.25) is 0 Å². The average molecular weight is 147 g/mol. The number of rotatable bonds is 0. The number of thiol groups is 1. The number of quaternary nitrogens is 1. The zero-order valence-electron chi connectivity index (χ0n) is 6.17. The molecule has 54 valence electrons. The molecule has 2 nitrogen and oxygen atoms in total. The van der Waals surface area contributed by atoms with Crippen LogP contribution in [0.4, 0.5) is 0 Å². The van der Waals surface area contributed by atoms with Gasteiger partial charge in [-0.1, -0.05) is 12.8 Å². The first kappa shape index (κ1) is 7.38. The highest BCUT2D eigenvalue weighted by molar-refractivity contribution is 7.77. The van der Waals surface area contributed by atoms with E-state index in [0.29, 0.717) is 0 Å². The van der Waals surface area contributed by atoms with Crippen LogP contribution in [0.1, 0.15) is 0 Å². The zero-order valence-corrected chi connectivity index (χ0v) is 7.06. The highest BCUT2D eigenvalue weighted by Crippen LogP contribution is 2.06. The van der Waals surface area contributed by atoms with Crippen molar-refractivity contribution in [2.45, 2.75) is 0 Å². The van der Waals surface area contributed by atoms with Crippen molar-refractivity contribution in [3.63, 3.8) is 0 Å². The van der Waals surface area contributed by atoms with Crippen LogP contribution in [-0.2, 0) is 0 Å². The van der Waals surface area contributed by atoms with E-state index in [4.69, 9.17) is 0 Å². The third kappa shape index (κ3) is 2.16. The van der Waals surface area contributed by atoms with Crippen molar-refractivity contribution in [3.05, 3.63) is 0 Å². The Morgan fingerprint density at radius 3 is 2.00 bits per heavy atom. The van der Waals surface area contributed by atoms with Crippen molar-refractivity contribution < 1.29 is 4.48 Å². The largest absolute Gasteiger partial charge is 0.326 e. The normalized spacial score (nSPS) is 28.3. The first-order chi connectivity index (χ1) is 4.10. The highest BCUT2D eigenvalue weighted by atomic mass is 32.1. The minimum atomic E-state index is 1.12. The summed E-state index contributed by atoms with van der Waals surface area (Å²) in [5.74, 6) is 0. The third-order valence-electron chi connectivity index (χ3n) is 1.93. The van der Waals surface area contributed by atoms with Gasteiger partial charge in [-0.2, -0.15) is 0 Å². The summed E-state index contributed by atoms with van der Waals surface area (Å²) in [6.45, 7) is 4.69. The van der Waals surface area contributed by atoms with Gasteiger partial charge in [-0.25, -0.2) is 4.31 Å². The van der Waals surface area contributed by atoms with E-state index in [9.17, 15) is 0 Å². The summed E-state index contributed by atoms with van der Waals surface area (Å²) in [6.07, 6.45) is 0. The van der Waals surface area contributed by atoms with Crippen LogP contribution >= 0.6 is 12.8 Å². The Labute approximate surface area is 62.6 Å². The maximum absolute atomic E-state index is 4.26. The first-order valence-corrected chi connectivity index (χ1v) is 3.76. The molecule has 0 radical (unpaired) electrons. The van der Waals surface area contributed by atoms with E-state index >= 15 is 0 Å². The van der Waals surface area contributed by atoms with Crippen LogP contribution in [0.5, 0.6) is 0 Å². The minimum Gasteiger partial charge on any atom is -0.326 e. The van der Waals surface area contributed by atoms with Crippen LogP contribution < -0.4 is 0 Å². The monoisotopic (exact) mass is 147 g/mol. The lowest BCUT2D eigenvalue weighted by molar-refractivity contribution is -0.893. The van der Waals surface area contributed by atoms with E-state index in [1.54, 1.807) is 0 Å². The summed E-state index contributed by atoms with van der Waals surface area (Å²) in [5, 5.41) is 0. The van der Waals surface area contributed by atoms with E-state index in [0.717, 1.165) is 17.6 Å². The molecule has 1 rings (SSSR count). The van der Waals surface area contributed by atoms with Gasteiger partial charge < -0.3 is 4.48 Å². The fourth-order valence-corrected chi connectivity index (χ4v) is 1.17. The Kier molecular flexibility index (Phi) is 2.03. The molecule has 0 amide bonds. The predicted molar refractivity (Wildman–Crippen MR) is 42.4 cm³/mol. The number of hydrogen-bond donors (Lipinski definition) is 1. The first-order valence-electron chi connectivity index (χ1n) is 3.36. The van der Waals surface area contributed by atoms with E-state index in [1.165, 1.54) is 13.1 Å². The van der Waals surface area contributed by atoms with Crippen LogP contribution in [0.25, 0.3) is 0 Å². The van der Waals surface area contributed by atoms with Crippen molar-refractivity contribution >= 4 is 12.8 Å². The van der Waals surface area contributed by atoms with Crippen LogP contribution in [0.15, 0.2) is 0 Å². The average Bonchev–Trinajstić information content (AvgIpc) is 1.78. The van der Waals surface area contributed by atoms with Crippen molar-refractivity contribution in [2.24, 2.45) is 0 Å². The number of nitrogens with zero attached hydrogens (tertiary/aromatic N) is 2. The fraction of sp³-hybridized carbons (Fsp3) is 1.00. The summed E-state index contributed by atoms with van der Waals surface area (Å²) in [4.78, 5) is 0. The topological polar surface area (TPSA) is 3.24 Å². The molecular weight excluding hydrogens is 132 g/mol. The molecule has 1 fully saturated rings. The van der Waals surface area contributed by atoms with Gasteiger partial charge in [-0.15, -0.1) is 0 Å². The predicted octanol–water partition coefficient (Wildman–Crippen LogP) is 0.223. The summed E-state index contributed by atoms with van der Waals surface area (Å²) in [7, 11) is 4.53. The van der Waals surface area contributed by atoms with Crippen molar-refractivity contribution in [2.75, 3.05) is 40.3 Å². The molecule has 0 aromatic carbocycles. The summed E-state index contributed by atoms with van der Waals surface area (Å²) in [5.41, 5.74) is 0. The van der Waals surface area contributed by atoms with Gasteiger partial charge in [0.2, 0.25) is 0 Å². The van der Waals surface area contributed by atoms with Crippen LogP contribution in [-0.4, -0.2) is 49.1 Å². The number of likely N-dealkylation sites (N-methyl/N-ethyl adjacent to an activating group) is 1. The Hall–Kier alpha value is 0.270. The van der Waals surface area contributed by atoms with Gasteiger partial charge in [0.05, 0.1) is 40.3 Å². The van der Waals surface area contributed by atoms with Gasteiger partial charge in [0.25, 0.3) is 0 Å². The molecule has 9 heavy (non-hydrogen) atoms. The molecule has 1 aliphatic heterocycles. The molecule has 0 aliphatic carbocycles. The van der Waals surface area contributed by atoms with Gasteiger partial charge in [0.15, 0.2) is 0 Å². The second-order valence-electron chi connectivity index (χ2n) is 3.34. The number of piperazine rings is 1. The molecule has 0 aromatic heterocycles. The molecule has 0 spiro atoms. The van der Waals surface area contributed by atoms with Gasteiger partial charge in [0.1, 0.15) is 0 Å². The smallest absolute Gasteiger partial charge is 0.0921 e. The zero-order chi connectivity index (χ0) is 6.91. The SMILES string of the molecule is C[N+]1(C)CCN(S)CC1. The highest BCUT2D eigenvalue weighted by Gasteiger charge is 2.21. The quantitative estimate of drug-likeness (QED) is 0.379. The molecule has 3 heteroatoms. The van der Waals surface area contributed by atoms with Crippen molar-refractivity contribution in [1.29, 1.82) is 0 Å². The molecule has 1 aliphatic rings.